The zero-order valence-corrected chi connectivity index (χ0v) is 24.9. The Bertz CT molecular complexity index is 1410. The second-order valence-corrected chi connectivity index (χ2v) is 12.4. The van der Waals surface area contributed by atoms with Gasteiger partial charge in [-0.25, -0.2) is 8.42 Å². The van der Waals surface area contributed by atoms with Crippen molar-refractivity contribution in [3.63, 3.8) is 0 Å². The van der Waals surface area contributed by atoms with Crippen molar-refractivity contribution in [2.24, 2.45) is 0 Å². The molecule has 0 radical (unpaired) electrons. The summed E-state index contributed by atoms with van der Waals surface area (Å²) in [6.07, 6.45) is 3.93. The lowest BCUT2D eigenvalue weighted by Crippen LogP contribution is -2.52. The smallest absolute Gasteiger partial charge is 0.264 e. The Morgan fingerprint density at radius 1 is 0.976 bits per heavy atom. The van der Waals surface area contributed by atoms with Crippen molar-refractivity contribution in [3.8, 4) is 5.75 Å². The van der Waals surface area contributed by atoms with Crippen molar-refractivity contribution in [1.29, 1.82) is 0 Å². The maximum absolute atomic E-state index is 14.0. The van der Waals surface area contributed by atoms with E-state index in [-0.39, 0.29) is 23.4 Å². The van der Waals surface area contributed by atoms with Gasteiger partial charge in [0.2, 0.25) is 11.8 Å². The van der Waals surface area contributed by atoms with Gasteiger partial charge >= 0.3 is 0 Å². The minimum Gasteiger partial charge on any atom is -0.494 e. The van der Waals surface area contributed by atoms with Crippen LogP contribution in [0.1, 0.15) is 45.1 Å². The molecule has 1 aliphatic rings. The van der Waals surface area contributed by atoms with E-state index in [0.717, 1.165) is 35.6 Å². The predicted molar refractivity (Wildman–Crippen MR) is 160 cm³/mol. The molecule has 1 atom stereocenters. The first-order valence-corrected chi connectivity index (χ1v) is 15.7. The number of sulfonamides is 1. The maximum atomic E-state index is 14.0. The minimum absolute atomic E-state index is 0.0537. The molecule has 3 aromatic rings. The Balaban J connectivity index is 1.67. The van der Waals surface area contributed by atoms with Crippen LogP contribution in [0.25, 0.3) is 0 Å². The summed E-state index contributed by atoms with van der Waals surface area (Å²) < 4.78 is 34.3. The topological polar surface area (TPSA) is 96.0 Å². The third-order valence-electron chi connectivity index (χ3n) is 7.18. The number of nitrogens with one attached hydrogen (secondary N) is 1. The molecule has 0 bridgehead atoms. The molecule has 0 spiro atoms. The van der Waals surface area contributed by atoms with E-state index in [1.165, 1.54) is 17.0 Å². The molecule has 2 amide bonds. The van der Waals surface area contributed by atoms with Crippen LogP contribution in [-0.2, 0) is 26.2 Å². The number of carbonyl (C=O) groups excluding carboxylic acids is 2. The van der Waals surface area contributed by atoms with Gasteiger partial charge < -0.3 is 15.0 Å². The van der Waals surface area contributed by atoms with Crippen LogP contribution in [0.2, 0.25) is 5.02 Å². The van der Waals surface area contributed by atoms with Gasteiger partial charge in [0.25, 0.3) is 10.0 Å². The molecule has 0 aliphatic heterocycles. The molecule has 1 aliphatic carbocycles. The molecule has 3 aromatic carbocycles. The van der Waals surface area contributed by atoms with Crippen molar-refractivity contribution >= 4 is 39.1 Å². The first kappa shape index (κ1) is 30.4. The van der Waals surface area contributed by atoms with E-state index in [9.17, 15) is 18.0 Å². The number of rotatable bonds is 12. The molecule has 8 nitrogen and oxygen atoms in total. The van der Waals surface area contributed by atoms with E-state index in [2.05, 4.69) is 5.32 Å². The molecular weight excluding hydrogens is 562 g/mol. The number of halogens is 1. The third kappa shape index (κ3) is 7.80. The van der Waals surface area contributed by atoms with Crippen molar-refractivity contribution in [1.82, 2.24) is 10.2 Å². The molecule has 0 saturated heterocycles. The Labute approximate surface area is 247 Å². The van der Waals surface area contributed by atoms with Gasteiger partial charge in [-0.15, -0.1) is 0 Å². The largest absolute Gasteiger partial charge is 0.494 e. The van der Waals surface area contributed by atoms with Crippen LogP contribution < -0.4 is 14.4 Å². The van der Waals surface area contributed by atoms with Gasteiger partial charge in [-0.2, -0.15) is 0 Å². The lowest BCUT2D eigenvalue weighted by molar-refractivity contribution is -0.139. The van der Waals surface area contributed by atoms with Crippen molar-refractivity contribution in [2.45, 2.75) is 63.1 Å². The normalized spacial score (nSPS) is 14.3. The molecule has 0 unspecified atom stereocenters. The average molecular weight is 598 g/mol. The molecule has 10 heteroatoms. The van der Waals surface area contributed by atoms with E-state index in [4.69, 9.17) is 16.3 Å². The van der Waals surface area contributed by atoms with Crippen LogP contribution in [0.15, 0.2) is 83.8 Å². The Kier molecular flexibility index (Phi) is 10.3. The quantitative estimate of drug-likeness (QED) is 0.301. The van der Waals surface area contributed by atoms with E-state index < -0.39 is 28.5 Å². The Morgan fingerprint density at radius 3 is 2.22 bits per heavy atom. The van der Waals surface area contributed by atoms with Crippen LogP contribution in [0.4, 0.5) is 5.69 Å². The van der Waals surface area contributed by atoms with Crippen molar-refractivity contribution < 1.29 is 22.7 Å². The summed E-state index contributed by atoms with van der Waals surface area (Å²) in [5, 5.41) is 3.62. The number of ether oxygens (including phenoxy) is 1. The van der Waals surface area contributed by atoms with Gasteiger partial charge in [0.05, 0.1) is 17.2 Å². The predicted octanol–water partition coefficient (Wildman–Crippen LogP) is 5.41. The summed E-state index contributed by atoms with van der Waals surface area (Å²) in [6, 6.07) is 20.8. The fourth-order valence-electron chi connectivity index (χ4n) is 4.88. The molecule has 4 rings (SSSR count). The number of benzene rings is 3. The minimum atomic E-state index is -4.12. The summed E-state index contributed by atoms with van der Waals surface area (Å²) in [4.78, 5) is 28.8. The zero-order chi connectivity index (χ0) is 29.4. The first-order chi connectivity index (χ1) is 19.7. The molecule has 41 heavy (non-hydrogen) atoms. The van der Waals surface area contributed by atoms with Gasteiger partial charge in [-0.05, 0) is 80.8 Å². The van der Waals surface area contributed by atoms with E-state index >= 15 is 0 Å². The molecule has 1 saturated carbocycles. The van der Waals surface area contributed by atoms with E-state index in [1.54, 1.807) is 73.7 Å². The third-order valence-corrected chi connectivity index (χ3v) is 9.22. The van der Waals surface area contributed by atoms with Crippen molar-refractivity contribution in [3.05, 3.63) is 89.4 Å². The Hall–Kier alpha value is -3.56. The highest BCUT2D eigenvalue weighted by Crippen LogP contribution is 2.27. The standard InChI is InChI=1S/C31H36ClN3O5S/c1-3-40-28-19-17-27(18-20-28)35(41(38,39)29-11-5-4-6-12-29)22-30(36)34(21-24-13-15-25(32)16-14-24)23(2)31(37)33-26-9-7-8-10-26/h4-6,11-20,23,26H,3,7-10,21-22H2,1-2H3,(H,33,37)/t23-/m0/s1. The summed E-state index contributed by atoms with van der Waals surface area (Å²) in [5.74, 6) is -0.193. The summed E-state index contributed by atoms with van der Waals surface area (Å²) in [7, 11) is -4.12. The van der Waals surface area contributed by atoms with Gasteiger partial charge in [0.1, 0.15) is 18.3 Å². The zero-order valence-electron chi connectivity index (χ0n) is 23.3. The molecule has 0 heterocycles. The second kappa shape index (κ2) is 13.9. The van der Waals surface area contributed by atoms with Gasteiger partial charge in [-0.3, -0.25) is 13.9 Å². The SMILES string of the molecule is CCOc1ccc(N(CC(=O)N(Cc2ccc(Cl)cc2)[C@@H](C)C(=O)NC2CCCC2)S(=O)(=O)c2ccccc2)cc1. The van der Waals surface area contributed by atoms with Gasteiger partial charge in [0.15, 0.2) is 0 Å². The fourth-order valence-corrected chi connectivity index (χ4v) is 6.45. The first-order valence-electron chi connectivity index (χ1n) is 13.8. The van der Waals surface area contributed by atoms with Crippen LogP contribution in [0.3, 0.4) is 0 Å². The molecule has 218 valence electrons. The summed E-state index contributed by atoms with van der Waals surface area (Å²) in [6.45, 7) is 3.60. The lowest BCUT2D eigenvalue weighted by atomic mass is 10.1. The van der Waals surface area contributed by atoms with Crippen LogP contribution >= 0.6 is 11.6 Å². The fraction of sp³-hybridized carbons (Fsp3) is 0.355. The maximum Gasteiger partial charge on any atom is 0.264 e. The summed E-state index contributed by atoms with van der Waals surface area (Å²) in [5.41, 5.74) is 1.07. The van der Waals surface area contributed by atoms with E-state index in [0.29, 0.717) is 23.1 Å². The summed E-state index contributed by atoms with van der Waals surface area (Å²) >= 11 is 6.07. The van der Waals surface area contributed by atoms with Crippen LogP contribution in [-0.4, -0.2) is 50.4 Å². The molecule has 0 aromatic heterocycles. The van der Waals surface area contributed by atoms with Gasteiger partial charge in [-0.1, -0.05) is 54.8 Å². The van der Waals surface area contributed by atoms with Crippen LogP contribution in [0, 0.1) is 0 Å². The molecule has 1 fully saturated rings. The number of anilines is 1. The number of amides is 2. The number of hydrogen-bond acceptors (Lipinski definition) is 5. The number of nitrogens with zero attached hydrogens (tertiary/aromatic N) is 2. The van der Waals surface area contributed by atoms with Crippen molar-refractivity contribution in [2.75, 3.05) is 17.5 Å². The average Bonchev–Trinajstić information content (AvgIpc) is 3.49. The highest BCUT2D eigenvalue weighted by molar-refractivity contribution is 7.92. The molecule has 1 N–H and O–H groups in total. The monoisotopic (exact) mass is 597 g/mol. The second-order valence-electron chi connectivity index (χ2n) is 10.1. The molecular formula is C31H36ClN3O5S. The highest BCUT2D eigenvalue weighted by atomic mass is 35.5. The number of hydrogen-bond donors (Lipinski definition) is 1. The lowest BCUT2D eigenvalue weighted by Gasteiger charge is -2.32. The number of carbonyl (C=O) groups is 2. The Morgan fingerprint density at radius 2 is 1.61 bits per heavy atom. The van der Waals surface area contributed by atoms with E-state index in [1.807, 2.05) is 6.92 Å². The van der Waals surface area contributed by atoms with Gasteiger partial charge in [0, 0.05) is 17.6 Å². The van der Waals surface area contributed by atoms with Crippen LogP contribution in [0.5, 0.6) is 5.75 Å². The highest BCUT2D eigenvalue weighted by Gasteiger charge is 2.33.